The third kappa shape index (κ3) is 1.65. The minimum Gasteiger partial charge on any atom is -0.294 e. The standard InChI is InChI=1S/C13H11FN2S/c1-8-9(2)17-13-15-12(7-16(8)13)10-4-3-5-11(14)6-10/h3-7H,1-2H3. The van der Waals surface area contributed by atoms with Crippen LogP contribution in [0.15, 0.2) is 30.5 Å². The van der Waals surface area contributed by atoms with Crippen molar-refractivity contribution in [3.8, 4) is 11.3 Å². The van der Waals surface area contributed by atoms with Crippen LogP contribution in [0.1, 0.15) is 10.6 Å². The fourth-order valence-electron chi connectivity index (χ4n) is 1.84. The predicted molar refractivity (Wildman–Crippen MR) is 67.9 cm³/mol. The van der Waals surface area contributed by atoms with Crippen LogP contribution >= 0.6 is 11.3 Å². The van der Waals surface area contributed by atoms with Gasteiger partial charge in [0.05, 0.1) is 5.69 Å². The van der Waals surface area contributed by atoms with E-state index in [2.05, 4.69) is 23.2 Å². The van der Waals surface area contributed by atoms with Gasteiger partial charge in [-0.2, -0.15) is 0 Å². The van der Waals surface area contributed by atoms with Crippen LogP contribution in [0.3, 0.4) is 0 Å². The van der Waals surface area contributed by atoms with Gasteiger partial charge < -0.3 is 0 Å². The van der Waals surface area contributed by atoms with Gasteiger partial charge in [0.15, 0.2) is 4.96 Å². The number of nitrogens with zero attached hydrogens (tertiary/aromatic N) is 2. The van der Waals surface area contributed by atoms with E-state index in [0.29, 0.717) is 0 Å². The van der Waals surface area contributed by atoms with E-state index >= 15 is 0 Å². The average Bonchev–Trinajstić information content (AvgIpc) is 2.81. The summed E-state index contributed by atoms with van der Waals surface area (Å²) >= 11 is 1.66. The maximum atomic E-state index is 13.1. The maximum absolute atomic E-state index is 13.1. The van der Waals surface area contributed by atoms with Gasteiger partial charge in [-0.05, 0) is 26.0 Å². The molecular formula is C13H11FN2S. The summed E-state index contributed by atoms with van der Waals surface area (Å²) in [4.78, 5) is 6.74. The molecule has 2 aromatic heterocycles. The van der Waals surface area contributed by atoms with E-state index in [1.807, 2.05) is 12.3 Å². The van der Waals surface area contributed by atoms with Crippen LogP contribution in [0.2, 0.25) is 0 Å². The SMILES string of the molecule is Cc1sc2nc(-c3cccc(F)c3)cn2c1C. The summed E-state index contributed by atoms with van der Waals surface area (Å²) in [6, 6.07) is 6.53. The second-order valence-electron chi connectivity index (χ2n) is 4.03. The van der Waals surface area contributed by atoms with Gasteiger partial charge in [-0.25, -0.2) is 9.37 Å². The molecule has 0 atom stereocenters. The lowest BCUT2D eigenvalue weighted by molar-refractivity contribution is 0.628. The Balaban J connectivity index is 2.19. The first-order valence-corrected chi connectivity index (χ1v) is 6.18. The Hall–Kier alpha value is -1.68. The van der Waals surface area contributed by atoms with Crippen LogP contribution in [0.4, 0.5) is 4.39 Å². The number of fused-ring (bicyclic) bond motifs is 1. The highest BCUT2D eigenvalue weighted by atomic mass is 32.1. The van der Waals surface area contributed by atoms with E-state index in [1.165, 1.54) is 22.7 Å². The molecule has 0 spiro atoms. The second-order valence-corrected chi connectivity index (χ2v) is 5.21. The highest BCUT2D eigenvalue weighted by Crippen LogP contribution is 2.26. The lowest BCUT2D eigenvalue weighted by Crippen LogP contribution is -1.82. The van der Waals surface area contributed by atoms with Crippen molar-refractivity contribution in [1.82, 2.24) is 9.38 Å². The molecule has 0 bridgehead atoms. The van der Waals surface area contributed by atoms with Gasteiger partial charge in [0, 0.05) is 22.3 Å². The Morgan fingerprint density at radius 2 is 2.12 bits per heavy atom. The van der Waals surface area contributed by atoms with E-state index in [9.17, 15) is 4.39 Å². The molecular weight excluding hydrogens is 235 g/mol. The van der Waals surface area contributed by atoms with Crippen LogP contribution in [0, 0.1) is 19.7 Å². The molecule has 2 nitrogen and oxygen atoms in total. The van der Waals surface area contributed by atoms with Crippen LogP contribution in [-0.2, 0) is 0 Å². The molecule has 0 fully saturated rings. The molecule has 0 aliphatic heterocycles. The van der Waals surface area contributed by atoms with Gasteiger partial charge in [-0.15, -0.1) is 11.3 Å². The zero-order valence-corrected chi connectivity index (χ0v) is 10.4. The third-order valence-electron chi connectivity index (χ3n) is 2.91. The number of halogens is 1. The summed E-state index contributed by atoms with van der Waals surface area (Å²) in [5.74, 6) is -0.230. The van der Waals surface area contributed by atoms with Crippen molar-refractivity contribution < 1.29 is 4.39 Å². The lowest BCUT2D eigenvalue weighted by atomic mass is 10.2. The van der Waals surface area contributed by atoms with Crippen molar-refractivity contribution in [2.24, 2.45) is 0 Å². The quantitative estimate of drug-likeness (QED) is 0.638. The summed E-state index contributed by atoms with van der Waals surface area (Å²) in [5, 5.41) is 0. The zero-order valence-electron chi connectivity index (χ0n) is 9.57. The molecule has 17 heavy (non-hydrogen) atoms. The first-order chi connectivity index (χ1) is 8.15. The average molecular weight is 246 g/mol. The Labute approximate surface area is 102 Å². The zero-order chi connectivity index (χ0) is 12.0. The second kappa shape index (κ2) is 3.67. The molecule has 0 aliphatic carbocycles. The van der Waals surface area contributed by atoms with Gasteiger partial charge >= 0.3 is 0 Å². The first kappa shape index (κ1) is 10.5. The van der Waals surface area contributed by atoms with Crippen molar-refractivity contribution in [2.75, 3.05) is 0 Å². The van der Waals surface area contributed by atoms with Gasteiger partial charge in [-0.3, -0.25) is 4.40 Å². The molecule has 4 heteroatoms. The fraction of sp³-hybridized carbons (Fsp3) is 0.154. The van der Waals surface area contributed by atoms with E-state index in [0.717, 1.165) is 16.2 Å². The molecule has 86 valence electrons. The predicted octanol–water partition coefficient (Wildman–Crippen LogP) is 3.82. The maximum Gasteiger partial charge on any atom is 0.194 e. The van der Waals surface area contributed by atoms with Crippen molar-refractivity contribution in [2.45, 2.75) is 13.8 Å². The lowest BCUT2D eigenvalue weighted by Gasteiger charge is -1.95. The smallest absolute Gasteiger partial charge is 0.194 e. The molecule has 0 aliphatic rings. The molecule has 3 rings (SSSR count). The molecule has 0 unspecified atom stereocenters. The number of aryl methyl sites for hydroxylation is 2. The Morgan fingerprint density at radius 3 is 2.82 bits per heavy atom. The largest absolute Gasteiger partial charge is 0.294 e. The van der Waals surface area contributed by atoms with Crippen molar-refractivity contribution in [3.05, 3.63) is 46.9 Å². The minimum atomic E-state index is -0.230. The van der Waals surface area contributed by atoms with Gasteiger partial charge in [-0.1, -0.05) is 12.1 Å². The van der Waals surface area contributed by atoms with Crippen LogP contribution < -0.4 is 0 Å². The number of hydrogen-bond donors (Lipinski definition) is 0. The summed E-state index contributed by atoms with van der Waals surface area (Å²) in [6.07, 6.45) is 1.96. The number of hydrogen-bond acceptors (Lipinski definition) is 2. The highest BCUT2D eigenvalue weighted by molar-refractivity contribution is 7.17. The third-order valence-corrected chi connectivity index (χ3v) is 3.98. The van der Waals surface area contributed by atoms with Crippen molar-refractivity contribution in [1.29, 1.82) is 0 Å². The Morgan fingerprint density at radius 1 is 1.29 bits per heavy atom. The molecule has 3 aromatic rings. The number of rotatable bonds is 1. The van der Waals surface area contributed by atoms with Crippen LogP contribution in [-0.4, -0.2) is 9.38 Å². The van der Waals surface area contributed by atoms with Crippen molar-refractivity contribution >= 4 is 16.3 Å². The van der Waals surface area contributed by atoms with E-state index in [4.69, 9.17) is 0 Å². The normalized spacial score (nSPS) is 11.2. The minimum absolute atomic E-state index is 0.230. The van der Waals surface area contributed by atoms with Gasteiger partial charge in [0.25, 0.3) is 0 Å². The molecule has 0 saturated carbocycles. The summed E-state index contributed by atoms with van der Waals surface area (Å²) in [6.45, 7) is 4.15. The van der Waals surface area contributed by atoms with Crippen LogP contribution in [0.25, 0.3) is 16.2 Å². The van der Waals surface area contributed by atoms with Gasteiger partial charge in [0.2, 0.25) is 0 Å². The van der Waals surface area contributed by atoms with Crippen molar-refractivity contribution in [3.63, 3.8) is 0 Å². The molecule has 0 radical (unpaired) electrons. The summed E-state index contributed by atoms with van der Waals surface area (Å²) in [5.41, 5.74) is 2.83. The number of thiazole rings is 1. The monoisotopic (exact) mass is 246 g/mol. The van der Waals surface area contributed by atoms with E-state index in [1.54, 1.807) is 17.4 Å². The van der Waals surface area contributed by atoms with E-state index in [-0.39, 0.29) is 5.82 Å². The topological polar surface area (TPSA) is 17.3 Å². The van der Waals surface area contributed by atoms with Crippen LogP contribution in [0.5, 0.6) is 0 Å². The number of aromatic nitrogens is 2. The molecule has 0 saturated heterocycles. The summed E-state index contributed by atoms with van der Waals surface area (Å²) in [7, 11) is 0. The number of imidazole rings is 1. The first-order valence-electron chi connectivity index (χ1n) is 5.36. The summed E-state index contributed by atoms with van der Waals surface area (Å²) < 4.78 is 15.2. The molecule has 0 amide bonds. The molecule has 1 aromatic carbocycles. The Bertz CT molecular complexity index is 697. The molecule has 2 heterocycles. The Kier molecular flexibility index (Phi) is 2.26. The van der Waals surface area contributed by atoms with Gasteiger partial charge in [0.1, 0.15) is 5.82 Å². The molecule has 0 N–H and O–H groups in total. The fourth-order valence-corrected chi connectivity index (χ4v) is 2.79. The van der Waals surface area contributed by atoms with E-state index < -0.39 is 0 Å². The highest BCUT2D eigenvalue weighted by Gasteiger charge is 2.10. The number of benzene rings is 1.